The molecular weight excluding hydrogens is 196 g/mol. The first kappa shape index (κ1) is 12.0. The van der Waals surface area contributed by atoms with Gasteiger partial charge in [0, 0.05) is 0 Å². The number of nitriles is 2. The van der Waals surface area contributed by atoms with Crippen LogP contribution in [-0.2, 0) is 0 Å². The lowest BCUT2D eigenvalue weighted by Crippen LogP contribution is -1.95. The Morgan fingerprint density at radius 1 is 1.19 bits per heavy atom. The van der Waals surface area contributed by atoms with Crippen molar-refractivity contribution in [3.8, 4) is 12.1 Å². The molecule has 0 bridgehead atoms. The predicted octanol–water partition coefficient (Wildman–Crippen LogP) is 3.54. The van der Waals surface area contributed by atoms with E-state index in [0.29, 0.717) is 5.92 Å². The summed E-state index contributed by atoms with van der Waals surface area (Å²) in [5.41, 5.74) is 2.33. The third-order valence-electron chi connectivity index (χ3n) is 2.63. The zero-order valence-corrected chi connectivity index (χ0v) is 9.57. The van der Waals surface area contributed by atoms with Crippen LogP contribution in [0.15, 0.2) is 41.5 Å². The van der Waals surface area contributed by atoms with Gasteiger partial charge in [0.2, 0.25) is 0 Å². The van der Waals surface area contributed by atoms with Crippen LogP contribution in [0.4, 0.5) is 0 Å². The topological polar surface area (TPSA) is 47.6 Å². The van der Waals surface area contributed by atoms with Crippen LogP contribution in [-0.4, -0.2) is 0 Å². The van der Waals surface area contributed by atoms with Crippen LogP contribution in [0.1, 0.15) is 31.7 Å². The average molecular weight is 210 g/mol. The molecule has 0 unspecified atom stereocenters. The molecule has 0 heterocycles. The molecule has 0 N–H and O–H groups in total. The van der Waals surface area contributed by atoms with Crippen molar-refractivity contribution in [3.05, 3.63) is 47.0 Å². The predicted molar refractivity (Wildman–Crippen MR) is 63.4 cm³/mol. The van der Waals surface area contributed by atoms with E-state index < -0.39 is 0 Å². The number of hydrogen-bond donors (Lipinski definition) is 0. The van der Waals surface area contributed by atoms with Crippen LogP contribution in [0.5, 0.6) is 0 Å². The molecule has 1 aromatic carbocycles. The van der Waals surface area contributed by atoms with Crippen LogP contribution in [0.3, 0.4) is 0 Å². The Kier molecular flexibility index (Phi) is 4.30. The van der Waals surface area contributed by atoms with Gasteiger partial charge in [-0.3, -0.25) is 0 Å². The Morgan fingerprint density at radius 3 is 2.25 bits per heavy atom. The van der Waals surface area contributed by atoms with Crippen molar-refractivity contribution >= 4 is 0 Å². The fourth-order valence-corrected chi connectivity index (χ4v) is 1.68. The summed E-state index contributed by atoms with van der Waals surface area (Å²) < 4.78 is 0. The van der Waals surface area contributed by atoms with Crippen molar-refractivity contribution in [1.82, 2.24) is 0 Å². The van der Waals surface area contributed by atoms with Gasteiger partial charge >= 0.3 is 0 Å². The van der Waals surface area contributed by atoms with E-state index in [1.807, 2.05) is 37.3 Å². The molecule has 16 heavy (non-hydrogen) atoms. The fourth-order valence-electron chi connectivity index (χ4n) is 1.68. The van der Waals surface area contributed by atoms with Crippen LogP contribution in [0.2, 0.25) is 0 Å². The summed E-state index contributed by atoms with van der Waals surface area (Å²) in [6.07, 6.45) is 0.750. The van der Waals surface area contributed by atoms with Gasteiger partial charge in [0.25, 0.3) is 0 Å². The van der Waals surface area contributed by atoms with Gasteiger partial charge in [0.15, 0.2) is 0 Å². The minimum absolute atomic E-state index is 0.239. The highest BCUT2D eigenvalue weighted by atomic mass is 14.3. The minimum Gasteiger partial charge on any atom is -0.192 e. The van der Waals surface area contributed by atoms with Crippen LogP contribution < -0.4 is 0 Å². The van der Waals surface area contributed by atoms with E-state index in [9.17, 15) is 0 Å². The van der Waals surface area contributed by atoms with E-state index in [1.54, 1.807) is 0 Å². The maximum atomic E-state index is 8.75. The lowest BCUT2D eigenvalue weighted by atomic mass is 9.92. The molecule has 0 aliphatic heterocycles. The molecule has 0 aliphatic carbocycles. The number of rotatable bonds is 3. The Balaban J connectivity index is 2.82. The zero-order valence-electron chi connectivity index (χ0n) is 9.57. The van der Waals surface area contributed by atoms with Gasteiger partial charge in [-0.1, -0.05) is 37.3 Å². The molecule has 2 nitrogen and oxygen atoms in total. The number of benzene rings is 1. The van der Waals surface area contributed by atoms with Crippen molar-refractivity contribution in [3.63, 3.8) is 0 Å². The highest BCUT2D eigenvalue weighted by molar-refractivity contribution is 5.40. The summed E-state index contributed by atoms with van der Waals surface area (Å²) in [6.45, 7) is 3.95. The molecular formula is C14H14N2. The number of nitrogens with zero attached hydrogens (tertiary/aromatic N) is 2. The van der Waals surface area contributed by atoms with Gasteiger partial charge in [-0.05, 0) is 30.4 Å². The molecule has 0 saturated carbocycles. The molecule has 0 aliphatic rings. The molecule has 0 spiro atoms. The third-order valence-corrected chi connectivity index (χ3v) is 2.63. The minimum atomic E-state index is 0.239. The van der Waals surface area contributed by atoms with Crippen molar-refractivity contribution in [2.75, 3.05) is 0 Å². The first-order valence-electron chi connectivity index (χ1n) is 5.24. The van der Waals surface area contributed by atoms with Gasteiger partial charge in [-0.2, -0.15) is 10.5 Å². The van der Waals surface area contributed by atoms with E-state index in [-0.39, 0.29) is 5.57 Å². The average Bonchev–Trinajstić information content (AvgIpc) is 2.31. The summed E-state index contributed by atoms with van der Waals surface area (Å²) >= 11 is 0. The molecule has 0 amide bonds. The number of hydrogen-bond acceptors (Lipinski definition) is 2. The summed E-state index contributed by atoms with van der Waals surface area (Å²) in [5, 5.41) is 17.5. The van der Waals surface area contributed by atoms with Crippen molar-refractivity contribution in [1.29, 1.82) is 10.5 Å². The van der Waals surface area contributed by atoms with Gasteiger partial charge in [0.1, 0.15) is 17.7 Å². The van der Waals surface area contributed by atoms with Gasteiger partial charge in [0.05, 0.1) is 0 Å². The Bertz CT molecular complexity index is 442. The second-order valence-electron chi connectivity index (χ2n) is 3.89. The van der Waals surface area contributed by atoms with Crippen LogP contribution in [0.25, 0.3) is 0 Å². The first-order valence-corrected chi connectivity index (χ1v) is 5.24. The van der Waals surface area contributed by atoms with Crippen LogP contribution >= 0.6 is 0 Å². The van der Waals surface area contributed by atoms with Crippen molar-refractivity contribution in [2.45, 2.75) is 26.2 Å². The normalized spacial score (nSPS) is 11.0. The van der Waals surface area contributed by atoms with E-state index in [2.05, 4.69) is 19.1 Å². The third kappa shape index (κ3) is 2.97. The molecule has 0 saturated heterocycles. The summed E-state index contributed by atoms with van der Waals surface area (Å²) in [7, 11) is 0. The van der Waals surface area contributed by atoms with Gasteiger partial charge < -0.3 is 0 Å². The zero-order chi connectivity index (χ0) is 12.0. The number of allylic oxidation sites excluding steroid dienone is 2. The lowest BCUT2D eigenvalue weighted by Gasteiger charge is -2.11. The second-order valence-corrected chi connectivity index (χ2v) is 3.89. The molecule has 1 atom stereocenters. The second kappa shape index (κ2) is 5.73. The first-order chi connectivity index (χ1) is 7.69. The van der Waals surface area contributed by atoms with E-state index >= 15 is 0 Å². The highest BCUT2D eigenvalue weighted by Crippen LogP contribution is 2.23. The van der Waals surface area contributed by atoms with Crippen molar-refractivity contribution in [2.24, 2.45) is 0 Å². The summed E-state index contributed by atoms with van der Waals surface area (Å²) in [6, 6.07) is 14.0. The van der Waals surface area contributed by atoms with E-state index in [4.69, 9.17) is 10.5 Å². The van der Waals surface area contributed by atoms with Gasteiger partial charge in [-0.25, -0.2) is 0 Å². The van der Waals surface area contributed by atoms with Crippen LogP contribution in [0, 0.1) is 22.7 Å². The Morgan fingerprint density at radius 2 is 1.75 bits per heavy atom. The molecule has 1 aromatic rings. The lowest BCUT2D eigenvalue weighted by molar-refractivity contribution is 0.749. The highest BCUT2D eigenvalue weighted by Gasteiger charge is 2.08. The molecule has 80 valence electrons. The Hall–Kier alpha value is -2.06. The maximum absolute atomic E-state index is 8.75. The molecule has 0 fully saturated rings. The molecule has 2 heteroatoms. The van der Waals surface area contributed by atoms with Gasteiger partial charge in [-0.15, -0.1) is 0 Å². The Labute approximate surface area is 96.4 Å². The van der Waals surface area contributed by atoms with E-state index in [1.165, 1.54) is 5.56 Å². The quantitative estimate of drug-likeness (QED) is 0.716. The molecule has 1 rings (SSSR count). The fraction of sp³-hybridized carbons (Fsp3) is 0.286. The monoisotopic (exact) mass is 210 g/mol. The standard InChI is InChI=1S/C14H14N2/c1-11(13-6-4-3-5-7-13)8-12(2)14(9-15)10-16/h3-7,11H,8H2,1-2H3/t11-/m0/s1. The van der Waals surface area contributed by atoms with E-state index in [0.717, 1.165) is 12.0 Å². The summed E-state index contributed by atoms with van der Waals surface area (Å²) in [5.74, 6) is 0.331. The SMILES string of the molecule is CC(C[C@H](C)c1ccccc1)=C(C#N)C#N. The van der Waals surface area contributed by atoms with Crippen molar-refractivity contribution < 1.29 is 0 Å². The molecule has 0 radical (unpaired) electrons. The smallest absolute Gasteiger partial charge is 0.128 e. The largest absolute Gasteiger partial charge is 0.192 e. The summed E-state index contributed by atoms with van der Waals surface area (Å²) in [4.78, 5) is 0. The molecule has 0 aromatic heterocycles. The maximum Gasteiger partial charge on any atom is 0.128 e.